The van der Waals surface area contributed by atoms with Crippen molar-refractivity contribution in [1.82, 2.24) is 5.32 Å². The van der Waals surface area contributed by atoms with Gasteiger partial charge in [-0.05, 0) is 31.9 Å². The van der Waals surface area contributed by atoms with Gasteiger partial charge in [-0.1, -0.05) is 56.0 Å². The third-order valence-corrected chi connectivity index (χ3v) is 3.13. The summed E-state index contributed by atoms with van der Waals surface area (Å²) in [5.41, 5.74) is 2.28. The van der Waals surface area contributed by atoms with Gasteiger partial charge >= 0.3 is 0 Å². The molecular weight excluding hydrogens is 234 g/mol. The first-order chi connectivity index (χ1) is 9.11. The van der Waals surface area contributed by atoms with Crippen LogP contribution in [-0.2, 0) is 4.79 Å². The van der Waals surface area contributed by atoms with Crippen molar-refractivity contribution in [3.63, 3.8) is 0 Å². The number of aryl methyl sites for hydroxylation is 1. The highest BCUT2D eigenvalue weighted by molar-refractivity contribution is 5.91. The molecule has 0 aliphatic carbocycles. The minimum absolute atomic E-state index is 0.00965. The van der Waals surface area contributed by atoms with E-state index < -0.39 is 0 Å². The first kappa shape index (κ1) is 15.5. The van der Waals surface area contributed by atoms with Crippen LogP contribution in [0.4, 0.5) is 0 Å². The number of benzene rings is 1. The second-order valence-electron chi connectivity index (χ2n) is 5.15. The molecule has 1 atom stereocenters. The predicted molar refractivity (Wildman–Crippen MR) is 82.0 cm³/mol. The molecular formula is C17H25NO. The molecule has 0 heterocycles. The molecule has 104 valence electrons. The molecule has 2 nitrogen and oxygen atoms in total. The Labute approximate surface area is 116 Å². The fraction of sp³-hybridized carbons (Fsp3) is 0.471. The van der Waals surface area contributed by atoms with E-state index in [2.05, 4.69) is 26.1 Å². The van der Waals surface area contributed by atoms with Gasteiger partial charge in [-0.25, -0.2) is 0 Å². The highest BCUT2D eigenvalue weighted by Crippen LogP contribution is 2.05. The molecule has 1 amide bonds. The SMILES string of the molecule is CCCCCC(C)NC(=O)/C=C/c1ccc(C)cc1. The van der Waals surface area contributed by atoms with Crippen molar-refractivity contribution in [2.75, 3.05) is 0 Å². The lowest BCUT2D eigenvalue weighted by Crippen LogP contribution is -2.30. The van der Waals surface area contributed by atoms with Crippen molar-refractivity contribution in [3.8, 4) is 0 Å². The monoisotopic (exact) mass is 259 g/mol. The Morgan fingerprint density at radius 2 is 1.95 bits per heavy atom. The molecule has 2 heteroatoms. The number of rotatable bonds is 7. The lowest BCUT2D eigenvalue weighted by Gasteiger charge is -2.11. The van der Waals surface area contributed by atoms with Crippen LogP contribution in [0.3, 0.4) is 0 Å². The summed E-state index contributed by atoms with van der Waals surface area (Å²) >= 11 is 0. The van der Waals surface area contributed by atoms with Crippen molar-refractivity contribution in [2.45, 2.75) is 52.5 Å². The summed E-state index contributed by atoms with van der Waals surface area (Å²) < 4.78 is 0. The van der Waals surface area contributed by atoms with Gasteiger partial charge < -0.3 is 5.32 Å². The summed E-state index contributed by atoms with van der Waals surface area (Å²) in [6, 6.07) is 8.38. The van der Waals surface area contributed by atoms with Crippen molar-refractivity contribution in [1.29, 1.82) is 0 Å². The van der Waals surface area contributed by atoms with E-state index in [1.807, 2.05) is 30.3 Å². The molecule has 0 saturated carbocycles. The molecule has 0 aromatic heterocycles. The van der Waals surface area contributed by atoms with Gasteiger partial charge in [-0.3, -0.25) is 4.79 Å². The number of amides is 1. The molecule has 1 N–H and O–H groups in total. The summed E-state index contributed by atoms with van der Waals surface area (Å²) in [4.78, 5) is 11.7. The molecule has 0 saturated heterocycles. The molecule has 19 heavy (non-hydrogen) atoms. The summed E-state index contributed by atoms with van der Waals surface area (Å²) in [5.74, 6) is -0.00965. The normalized spacial score (nSPS) is 12.6. The van der Waals surface area contributed by atoms with E-state index in [0.29, 0.717) is 0 Å². The number of unbranched alkanes of at least 4 members (excludes halogenated alkanes) is 2. The molecule has 1 aromatic rings. The Morgan fingerprint density at radius 3 is 2.58 bits per heavy atom. The number of carbonyl (C=O) groups excluding carboxylic acids is 1. The Kier molecular flexibility index (Phi) is 6.94. The second-order valence-corrected chi connectivity index (χ2v) is 5.15. The molecule has 1 rings (SSSR count). The van der Waals surface area contributed by atoms with E-state index in [1.165, 1.54) is 24.8 Å². The van der Waals surface area contributed by atoms with Crippen LogP contribution in [0.15, 0.2) is 30.3 Å². The van der Waals surface area contributed by atoms with Gasteiger partial charge in [0.15, 0.2) is 0 Å². The second kappa shape index (κ2) is 8.52. The zero-order chi connectivity index (χ0) is 14.1. The van der Waals surface area contributed by atoms with Gasteiger partial charge in [-0.15, -0.1) is 0 Å². The van der Waals surface area contributed by atoms with Crippen LogP contribution in [0.2, 0.25) is 0 Å². The minimum Gasteiger partial charge on any atom is -0.350 e. The predicted octanol–water partition coefficient (Wildman–Crippen LogP) is 4.09. The van der Waals surface area contributed by atoms with Crippen LogP contribution in [-0.4, -0.2) is 11.9 Å². The van der Waals surface area contributed by atoms with Gasteiger partial charge in [-0.2, -0.15) is 0 Å². The van der Waals surface area contributed by atoms with E-state index >= 15 is 0 Å². The Morgan fingerprint density at radius 1 is 1.26 bits per heavy atom. The van der Waals surface area contributed by atoms with Crippen LogP contribution >= 0.6 is 0 Å². The summed E-state index contributed by atoms with van der Waals surface area (Å²) in [6.07, 6.45) is 8.15. The quantitative estimate of drug-likeness (QED) is 0.580. The first-order valence-corrected chi connectivity index (χ1v) is 7.17. The van der Waals surface area contributed by atoms with Crippen molar-refractivity contribution >= 4 is 12.0 Å². The maximum atomic E-state index is 11.7. The average molecular weight is 259 g/mol. The maximum absolute atomic E-state index is 11.7. The number of nitrogens with one attached hydrogen (secondary N) is 1. The lowest BCUT2D eigenvalue weighted by atomic mass is 10.1. The number of hydrogen-bond acceptors (Lipinski definition) is 1. The van der Waals surface area contributed by atoms with Gasteiger partial charge in [0.05, 0.1) is 0 Å². The van der Waals surface area contributed by atoms with Crippen LogP contribution in [0, 0.1) is 6.92 Å². The van der Waals surface area contributed by atoms with E-state index in [0.717, 1.165) is 12.0 Å². The summed E-state index contributed by atoms with van der Waals surface area (Å²) in [6.45, 7) is 6.30. The van der Waals surface area contributed by atoms with E-state index in [9.17, 15) is 4.79 Å². The number of carbonyl (C=O) groups is 1. The molecule has 0 radical (unpaired) electrons. The highest BCUT2D eigenvalue weighted by atomic mass is 16.1. The van der Waals surface area contributed by atoms with Crippen LogP contribution in [0.25, 0.3) is 6.08 Å². The maximum Gasteiger partial charge on any atom is 0.244 e. The van der Waals surface area contributed by atoms with Crippen LogP contribution in [0.5, 0.6) is 0 Å². The summed E-state index contributed by atoms with van der Waals surface area (Å²) in [5, 5.41) is 2.99. The Balaban J connectivity index is 2.35. The summed E-state index contributed by atoms with van der Waals surface area (Å²) in [7, 11) is 0. The zero-order valence-electron chi connectivity index (χ0n) is 12.3. The molecule has 1 unspecified atom stereocenters. The third-order valence-electron chi connectivity index (χ3n) is 3.13. The lowest BCUT2D eigenvalue weighted by molar-refractivity contribution is -0.117. The molecule has 0 spiro atoms. The minimum atomic E-state index is -0.00965. The molecule has 0 bridgehead atoms. The standard InChI is InChI=1S/C17H25NO/c1-4-5-6-7-15(3)18-17(19)13-12-16-10-8-14(2)9-11-16/h8-13,15H,4-7H2,1-3H3,(H,18,19)/b13-12+. The van der Waals surface area contributed by atoms with Crippen LogP contribution < -0.4 is 5.32 Å². The Hall–Kier alpha value is -1.57. The number of hydrogen-bond donors (Lipinski definition) is 1. The first-order valence-electron chi connectivity index (χ1n) is 7.17. The highest BCUT2D eigenvalue weighted by Gasteiger charge is 2.03. The molecule has 0 aliphatic heterocycles. The van der Waals surface area contributed by atoms with E-state index in [1.54, 1.807) is 6.08 Å². The molecule has 0 aliphatic rings. The van der Waals surface area contributed by atoms with Crippen molar-refractivity contribution in [2.24, 2.45) is 0 Å². The fourth-order valence-electron chi connectivity index (χ4n) is 1.91. The topological polar surface area (TPSA) is 29.1 Å². The van der Waals surface area contributed by atoms with E-state index in [-0.39, 0.29) is 11.9 Å². The fourth-order valence-corrected chi connectivity index (χ4v) is 1.91. The third kappa shape index (κ3) is 6.80. The average Bonchev–Trinajstić information content (AvgIpc) is 2.38. The zero-order valence-corrected chi connectivity index (χ0v) is 12.3. The largest absolute Gasteiger partial charge is 0.350 e. The van der Waals surface area contributed by atoms with Gasteiger partial charge in [0.25, 0.3) is 0 Å². The van der Waals surface area contributed by atoms with Gasteiger partial charge in [0.1, 0.15) is 0 Å². The Bertz CT molecular complexity index is 406. The smallest absolute Gasteiger partial charge is 0.244 e. The van der Waals surface area contributed by atoms with Gasteiger partial charge in [0.2, 0.25) is 5.91 Å². The molecule has 0 fully saturated rings. The van der Waals surface area contributed by atoms with E-state index in [4.69, 9.17) is 0 Å². The molecule has 1 aromatic carbocycles. The van der Waals surface area contributed by atoms with Gasteiger partial charge in [0, 0.05) is 12.1 Å². The van der Waals surface area contributed by atoms with Crippen LogP contribution in [0.1, 0.15) is 50.7 Å². The van der Waals surface area contributed by atoms with Crippen molar-refractivity contribution < 1.29 is 4.79 Å². The van der Waals surface area contributed by atoms with Crippen molar-refractivity contribution in [3.05, 3.63) is 41.5 Å².